The molecule has 0 saturated heterocycles. The summed E-state index contributed by atoms with van der Waals surface area (Å²) in [6.07, 6.45) is 0. The van der Waals surface area contributed by atoms with Crippen LogP contribution in [0.1, 0.15) is 55.9 Å². The first-order valence-electron chi connectivity index (χ1n) is 7.23. The molecule has 0 fully saturated rings. The maximum atomic E-state index is 10.1. The van der Waals surface area contributed by atoms with Crippen molar-refractivity contribution in [3.05, 3.63) is 64.7 Å². The van der Waals surface area contributed by atoms with Crippen LogP contribution in [0.15, 0.2) is 42.5 Å². The molecule has 0 unspecified atom stereocenters. The fraction of sp³-hybridized carbons (Fsp3) is 0.368. The van der Waals surface area contributed by atoms with Crippen LogP contribution in [-0.2, 0) is 5.41 Å². The number of aryl methyl sites for hydroxylation is 1. The summed E-state index contributed by atoms with van der Waals surface area (Å²) in [6.45, 7) is 10.8. The van der Waals surface area contributed by atoms with Crippen molar-refractivity contribution >= 4 is 0 Å². The molecule has 0 aromatic heterocycles. The van der Waals surface area contributed by atoms with E-state index < -0.39 is 0 Å². The quantitative estimate of drug-likeness (QED) is 0.816. The van der Waals surface area contributed by atoms with Crippen molar-refractivity contribution in [3.63, 3.8) is 0 Å². The van der Waals surface area contributed by atoms with Crippen LogP contribution in [0.4, 0.5) is 0 Å². The van der Waals surface area contributed by atoms with E-state index in [0.29, 0.717) is 11.7 Å². The summed E-state index contributed by atoms with van der Waals surface area (Å²) in [5.41, 5.74) is 4.67. The van der Waals surface area contributed by atoms with Crippen LogP contribution < -0.4 is 0 Å². The molecule has 2 rings (SSSR count). The molecule has 0 spiro atoms. The zero-order chi connectivity index (χ0) is 14.9. The van der Waals surface area contributed by atoms with Gasteiger partial charge in [0.2, 0.25) is 0 Å². The van der Waals surface area contributed by atoms with Gasteiger partial charge in [-0.3, -0.25) is 0 Å². The molecule has 1 N–H and O–H groups in total. The van der Waals surface area contributed by atoms with E-state index in [1.54, 1.807) is 0 Å². The smallest absolute Gasteiger partial charge is 0.119 e. The van der Waals surface area contributed by atoms with Gasteiger partial charge in [-0.25, -0.2) is 0 Å². The molecule has 2 aromatic rings. The number of hydrogen-bond acceptors (Lipinski definition) is 1. The largest absolute Gasteiger partial charge is 0.508 e. The molecule has 106 valence electrons. The highest BCUT2D eigenvalue weighted by molar-refractivity contribution is 5.49. The average Bonchev–Trinajstić information content (AvgIpc) is 2.39. The summed E-state index contributed by atoms with van der Waals surface area (Å²) in [5.74, 6) is 0.728. The van der Waals surface area contributed by atoms with Gasteiger partial charge < -0.3 is 5.11 Å². The topological polar surface area (TPSA) is 20.2 Å². The van der Waals surface area contributed by atoms with Crippen LogP contribution in [0, 0.1) is 6.92 Å². The van der Waals surface area contributed by atoms with Gasteiger partial charge in [0.15, 0.2) is 0 Å². The lowest BCUT2D eigenvalue weighted by atomic mass is 9.75. The lowest BCUT2D eigenvalue weighted by Crippen LogP contribution is -2.20. The lowest BCUT2D eigenvalue weighted by Gasteiger charge is -2.29. The van der Waals surface area contributed by atoms with E-state index in [1.807, 2.05) is 12.1 Å². The molecule has 0 aliphatic heterocycles. The van der Waals surface area contributed by atoms with Gasteiger partial charge in [0.25, 0.3) is 0 Å². The zero-order valence-electron chi connectivity index (χ0n) is 13.1. The molecule has 0 bridgehead atoms. The molecule has 20 heavy (non-hydrogen) atoms. The Hall–Kier alpha value is -1.76. The third-order valence-corrected chi connectivity index (χ3v) is 4.16. The summed E-state index contributed by atoms with van der Waals surface area (Å²) in [5, 5.41) is 10.1. The zero-order valence-corrected chi connectivity index (χ0v) is 13.1. The Morgan fingerprint density at radius 3 is 2.15 bits per heavy atom. The molecule has 0 saturated carbocycles. The van der Waals surface area contributed by atoms with Gasteiger partial charge in [-0.1, -0.05) is 64.1 Å². The van der Waals surface area contributed by atoms with Crippen LogP contribution in [-0.4, -0.2) is 5.11 Å². The van der Waals surface area contributed by atoms with Gasteiger partial charge >= 0.3 is 0 Å². The molecule has 0 radical (unpaired) electrons. The summed E-state index contributed by atoms with van der Waals surface area (Å²) in [7, 11) is 0. The minimum Gasteiger partial charge on any atom is -0.508 e. The van der Waals surface area contributed by atoms with Gasteiger partial charge in [0.1, 0.15) is 5.75 Å². The van der Waals surface area contributed by atoms with E-state index in [4.69, 9.17) is 0 Å². The molecule has 0 aliphatic rings. The number of hydrogen-bond donors (Lipinski definition) is 1. The van der Waals surface area contributed by atoms with E-state index in [1.165, 1.54) is 11.1 Å². The normalized spacial score (nSPS) is 11.9. The monoisotopic (exact) mass is 268 g/mol. The fourth-order valence-electron chi connectivity index (χ4n) is 2.86. The Morgan fingerprint density at radius 2 is 1.60 bits per heavy atom. The van der Waals surface area contributed by atoms with Crippen molar-refractivity contribution in [2.75, 3.05) is 0 Å². The summed E-state index contributed by atoms with van der Waals surface area (Å²) in [4.78, 5) is 0. The van der Waals surface area contributed by atoms with Crippen molar-refractivity contribution in [3.8, 4) is 5.75 Å². The molecule has 1 heteroatoms. The van der Waals surface area contributed by atoms with Gasteiger partial charge in [-0.2, -0.15) is 0 Å². The van der Waals surface area contributed by atoms with E-state index in [9.17, 15) is 5.11 Å². The van der Waals surface area contributed by atoms with E-state index in [0.717, 1.165) is 11.1 Å². The minimum atomic E-state index is -0.0668. The SMILES string of the molecule is Cc1cc(O)c(C(C)C)cc1C(C)(C)c1ccccc1. The van der Waals surface area contributed by atoms with Crippen molar-refractivity contribution in [1.82, 2.24) is 0 Å². The van der Waals surface area contributed by atoms with Gasteiger partial charge in [0, 0.05) is 5.41 Å². The minimum absolute atomic E-state index is 0.0668. The van der Waals surface area contributed by atoms with Crippen molar-refractivity contribution < 1.29 is 5.11 Å². The molecule has 2 aromatic carbocycles. The number of phenols is 1. The Morgan fingerprint density at radius 1 is 1.00 bits per heavy atom. The van der Waals surface area contributed by atoms with Crippen LogP contribution in [0.5, 0.6) is 5.75 Å². The average molecular weight is 268 g/mol. The lowest BCUT2D eigenvalue weighted by molar-refractivity contribution is 0.463. The first-order valence-corrected chi connectivity index (χ1v) is 7.23. The van der Waals surface area contributed by atoms with Gasteiger partial charge in [0.05, 0.1) is 0 Å². The van der Waals surface area contributed by atoms with Crippen LogP contribution >= 0.6 is 0 Å². The summed E-state index contributed by atoms with van der Waals surface area (Å²) >= 11 is 0. The van der Waals surface area contributed by atoms with Crippen molar-refractivity contribution in [2.45, 2.75) is 46.0 Å². The first-order chi connectivity index (χ1) is 9.34. The Balaban J connectivity index is 2.60. The molecule has 0 aliphatic carbocycles. The Bertz CT molecular complexity index is 595. The summed E-state index contributed by atoms with van der Waals surface area (Å²) in [6, 6.07) is 14.6. The third kappa shape index (κ3) is 2.58. The maximum absolute atomic E-state index is 10.1. The second kappa shape index (κ2) is 5.32. The van der Waals surface area contributed by atoms with Crippen molar-refractivity contribution in [2.24, 2.45) is 0 Å². The van der Waals surface area contributed by atoms with Crippen LogP contribution in [0.25, 0.3) is 0 Å². The van der Waals surface area contributed by atoms with Gasteiger partial charge in [-0.15, -0.1) is 0 Å². The van der Waals surface area contributed by atoms with Crippen molar-refractivity contribution in [1.29, 1.82) is 0 Å². The van der Waals surface area contributed by atoms with E-state index in [-0.39, 0.29) is 5.41 Å². The summed E-state index contributed by atoms with van der Waals surface area (Å²) < 4.78 is 0. The van der Waals surface area contributed by atoms with Crippen LogP contribution in [0.2, 0.25) is 0 Å². The predicted molar refractivity (Wildman–Crippen MR) is 85.5 cm³/mol. The molecular formula is C19H24O. The molecule has 1 nitrogen and oxygen atoms in total. The highest BCUT2D eigenvalue weighted by Gasteiger charge is 2.26. The Labute approximate surface area is 122 Å². The number of aromatic hydroxyl groups is 1. The molecular weight excluding hydrogens is 244 g/mol. The fourth-order valence-corrected chi connectivity index (χ4v) is 2.86. The standard InChI is InChI=1S/C19H24O/c1-13(2)16-12-17(14(3)11-18(16)20)19(4,5)15-9-7-6-8-10-15/h6-13,20H,1-5H3. The highest BCUT2D eigenvalue weighted by Crippen LogP contribution is 2.38. The second-order valence-electron chi connectivity index (χ2n) is 6.37. The molecule has 0 heterocycles. The number of benzene rings is 2. The third-order valence-electron chi connectivity index (χ3n) is 4.16. The predicted octanol–water partition coefficient (Wildman–Crippen LogP) is 5.15. The van der Waals surface area contributed by atoms with E-state index >= 15 is 0 Å². The maximum Gasteiger partial charge on any atom is 0.119 e. The molecule has 0 atom stereocenters. The second-order valence-corrected chi connectivity index (χ2v) is 6.37. The van der Waals surface area contributed by atoms with Crippen LogP contribution in [0.3, 0.4) is 0 Å². The molecule has 0 amide bonds. The highest BCUT2D eigenvalue weighted by atomic mass is 16.3. The number of rotatable bonds is 3. The first kappa shape index (κ1) is 14.6. The number of phenolic OH excluding ortho intramolecular Hbond substituents is 1. The van der Waals surface area contributed by atoms with E-state index in [2.05, 4.69) is 65.0 Å². The van der Waals surface area contributed by atoms with Gasteiger partial charge in [-0.05, 0) is 41.2 Å². The Kier molecular flexibility index (Phi) is 3.89.